The van der Waals surface area contributed by atoms with Crippen LogP contribution in [0.15, 0.2) is 59.5 Å². The highest BCUT2D eigenvalue weighted by atomic mass is 32.2. The first-order valence-electron chi connectivity index (χ1n) is 8.60. The van der Waals surface area contributed by atoms with E-state index in [0.29, 0.717) is 6.42 Å². The third-order valence-electron chi connectivity index (χ3n) is 4.18. The number of nitrogens with zero attached hydrogens (tertiary/aromatic N) is 1. The van der Waals surface area contributed by atoms with Crippen molar-refractivity contribution in [1.82, 2.24) is 4.90 Å². The standard InChI is InChI=1S/C20H23NO5S/c1-15(2)27(25,26)18-10-8-17(9-11-18)20(24)21(14-19(22)23)13-12-16-6-4-3-5-7-16/h3-11,15H,12-14H2,1-2H3,(H,22,23). The van der Waals surface area contributed by atoms with E-state index < -0.39 is 33.5 Å². The Morgan fingerprint density at radius 3 is 2.11 bits per heavy atom. The second kappa shape index (κ2) is 8.81. The van der Waals surface area contributed by atoms with Crippen LogP contribution in [-0.4, -0.2) is 48.6 Å². The fourth-order valence-corrected chi connectivity index (χ4v) is 3.63. The first-order chi connectivity index (χ1) is 12.7. The minimum atomic E-state index is -3.42. The van der Waals surface area contributed by atoms with Crippen LogP contribution in [0.1, 0.15) is 29.8 Å². The topological polar surface area (TPSA) is 91.8 Å². The molecule has 2 aromatic rings. The molecule has 0 bridgehead atoms. The lowest BCUT2D eigenvalue weighted by Gasteiger charge is -2.21. The summed E-state index contributed by atoms with van der Waals surface area (Å²) in [6.07, 6.45) is 0.527. The third kappa shape index (κ3) is 5.40. The molecule has 0 heterocycles. The van der Waals surface area contributed by atoms with Gasteiger partial charge in [0.1, 0.15) is 6.54 Å². The van der Waals surface area contributed by atoms with Gasteiger partial charge in [0.2, 0.25) is 0 Å². The van der Waals surface area contributed by atoms with Crippen LogP contribution in [0.25, 0.3) is 0 Å². The molecule has 0 aliphatic heterocycles. The Labute approximate surface area is 159 Å². The highest BCUT2D eigenvalue weighted by Crippen LogP contribution is 2.17. The average Bonchev–Trinajstić information content (AvgIpc) is 2.65. The fourth-order valence-electron chi connectivity index (χ4n) is 2.57. The molecule has 0 saturated heterocycles. The van der Waals surface area contributed by atoms with E-state index in [9.17, 15) is 18.0 Å². The molecule has 6 nitrogen and oxygen atoms in total. The molecule has 0 fully saturated rings. The monoisotopic (exact) mass is 389 g/mol. The predicted molar refractivity (Wildman–Crippen MR) is 102 cm³/mol. The highest BCUT2D eigenvalue weighted by molar-refractivity contribution is 7.92. The number of hydrogen-bond donors (Lipinski definition) is 1. The Morgan fingerprint density at radius 2 is 1.59 bits per heavy atom. The van der Waals surface area contributed by atoms with Crippen molar-refractivity contribution in [2.45, 2.75) is 30.4 Å². The van der Waals surface area contributed by atoms with Gasteiger partial charge in [-0.25, -0.2) is 8.42 Å². The summed E-state index contributed by atoms with van der Waals surface area (Å²) in [6.45, 7) is 3.01. The van der Waals surface area contributed by atoms with Gasteiger partial charge in [-0.3, -0.25) is 9.59 Å². The fraction of sp³-hybridized carbons (Fsp3) is 0.300. The third-order valence-corrected chi connectivity index (χ3v) is 6.35. The number of benzene rings is 2. The predicted octanol–water partition coefficient (Wildman–Crippen LogP) is 2.64. The molecule has 0 aliphatic carbocycles. The van der Waals surface area contributed by atoms with E-state index in [1.807, 2.05) is 30.3 Å². The van der Waals surface area contributed by atoms with Gasteiger partial charge in [0, 0.05) is 12.1 Å². The smallest absolute Gasteiger partial charge is 0.323 e. The minimum Gasteiger partial charge on any atom is -0.480 e. The van der Waals surface area contributed by atoms with E-state index in [1.54, 1.807) is 13.8 Å². The number of carboxylic acid groups (broad SMARTS) is 1. The van der Waals surface area contributed by atoms with Crippen molar-refractivity contribution in [2.75, 3.05) is 13.1 Å². The zero-order valence-corrected chi connectivity index (χ0v) is 16.1. The quantitative estimate of drug-likeness (QED) is 0.749. The number of hydrogen-bond acceptors (Lipinski definition) is 4. The van der Waals surface area contributed by atoms with Crippen molar-refractivity contribution in [1.29, 1.82) is 0 Å². The summed E-state index contributed by atoms with van der Waals surface area (Å²) < 4.78 is 24.4. The van der Waals surface area contributed by atoms with E-state index in [4.69, 9.17) is 5.11 Å². The van der Waals surface area contributed by atoms with E-state index in [1.165, 1.54) is 29.2 Å². The molecule has 27 heavy (non-hydrogen) atoms. The SMILES string of the molecule is CC(C)S(=O)(=O)c1ccc(C(=O)N(CCc2ccccc2)CC(=O)O)cc1. The van der Waals surface area contributed by atoms with Crippen LogP contribution in [0.3, 0.4) is 0 Å². The van der Waals surface area contributed by atoms with Gasteiger partial charge >= 0.3 is 5.97 Å². The van der Waals surface area contributed by atoms with Gasteiger partial charge < -0.3 is 10.0 Å². The van der Waals surface area contributed by atoms with Gasteiger partial charge in [-0.05, 0) is 50.1 Å². The molecule has 1 N–H and O–H groups in total. The summed E-state index contributed by atoms with van der Waals surface area (Å²) >= 11 is 0. The summed E-state index contributed by atoms with van der Waals surface area (Å²) in [5, 5.41) is 8.55. The summed E-state index contributed by atoms with van der Waals surface area (Å²) in [4.78, 5) is 25.2. The summed E-state index contributed by atoms with van der Waals surface area (Å²) in [6, 6.07) is 15.1. The number of rotatable bonds is 8. The largest absolute Gasteiger partial charge is 0.480 e. The van der Waals surface area contributed by atoms with Crippen LogP contribution >= 0.6 is 0 Å². The molecule has 2 rings (SSSR count). The maximum atomic E-state index is 12.7. The first kappa shape index (κ1) is 20.6. The van der Waals surface area contributed by atoms with Crippen LogP contribution in [0.5, 0.6) is 0 Å². The van der Waals surface area contributed by atoms with Crippen LogP contribution in [0.4, 0.5) is 0 Å². The van der Waals surface area contributed by atoms with Crippen molar-refractivity contribution in [3.05, 3.63) is 65.7 Å². The Kier molecular flexibility index (Phi) is 6.74. The van der Waals surface area contributed by atoms with Crippen LogP contribution in [-0.2, 0) is 21.1 Å². The number of amides is 1. The lowest BCUT2D eigenvalue weighted by molar-refractivity contribution is -0.137. The summed E-state index contributed by atoms with van der Waals surface area (Å²) in [5.74, 6) is -1.54. The highest BCUT2D eigenvalue weighted by Gasteiger charge is 2.22. The van der Waals surface area contributed by atoms with E-state index in [-0.39, 0.29) is 17.0 Å². The molecule has 0 aliphatic rings. The molecule has 0 radical (unpaired) electrons. The lowest BCUT2D eigenvalue weighted by Crippen LogP contribution is -2.37. The van der Waals surface area contributed by atoms with Crippen molar-refractivity contribution in [2.24, 2.45) is 0 Å². The van der Waals surface area contributed by atoms with Crippen molar-refractivity contribution in [3.63, 3.8) is 0 Å². The molecule has 144 valence electrons. The zero-order valence-electron chi connectivity index (χ0n) is 15.3. The Morgan fingerprint density at radius 1 is 1.00 bits per heavy atom. The molecule has 0 unspecified atom stereocenters. The Bertz CT molecular complexity index is 890. The zero-order chi connectivity index (χ0) is 20.0. The van der Waals surface area contributed by atoms with Crippen LogP contribution in [0.2, 0.25) is 0 Å². The van der Waals surface area contributed by atoms with Gasteiger partial charge in [-0.1, -0.05) is 30.3 Å². The Balaban J connectivity index is 2.18. The molecule has 7 heteroatoms. The second-order valence-corrected chi connectivity index (χ2v) is 8.98. The van der Waals surface area contributed by atoms with Gasteiger partial charge in [0.05, 0.1) is 10.1 Å². The Hall–Kier alpha value is -2.67. The van der Waals surface area contributed by atoms with Crippen LogP contribution < -0.4 is 0 Å². The average molecular weight is 389 g/mol. The number of carbonyl (C=O) groups is 2. The molecule has 0 saturated carbocycles. The van der Waals surface area contributed by atoms with E-state index in [2.05, 4.69) is 0 Å². The maximum absolute atomic E-state index is 12.7. The van der Waals surface area contributed by atoms with E-state index >= 15 is 0 Å². The molecule has 0 spiro atoms. The molecule has 0 aromatic heterocycles. The molecule has 1 amide bonds. The second-order valence-electron chi connectivity index (χ2n) is 6.47. The molecular formula is C20H23NO5S. The van der Waals surface area contributed by atoms with Gasteiger partial charge in [-0.2, -0.15) is 0 Å². The summed E-state index contributed by atoms with van der Waals surface area (Å²) in [5.41, 5.74) is 1.26. The normalized spacial score (nSPS) is 11.4. The first-order valence-corrected chi connectivity index (χ1v) is 10.2. The van der Waals surface area contributed by atoms with Gasteiger partial charge in [-0.15, -0.1) is 0 Å². The number of carbonyl (C=O) groups excluding carboxylic acids is 1. The number of aliphatic carboxylic acids is 1. The van der Waals surface area contributed by atoms with E-state index in [0.717, 1.165) is 5.56 Å². The summed E-state index contributed by atoms with van der Waals surface area (Å²) in [7, 11) is -3.42. The molecule has 0 atom stereocenters. The lowest BCUT2D eigenvalue weighted by atomic mass is 10.1. The van der Waals surface area contributed by atoms with Crippen LogP contribution in [0, 0.1) is 0 Å². The minimum absolute atomic E-state index is 0.142. The maximum Gasteiger partial charge on any atom is 0.323 e. The molecule has 2 aromatic carbocycles. The van der Waals surface area contributed by atoms with Crippen molar-refractivity contribution < 1.29 is 23.1 Å². The number of carboxylic acids is 1. The van der Waals surface area contributed by atoms with Crippen molar-refractivity contribution in [3.8, 4) is 0 Å². The van der Waals surface area contributed by atoms with Gasteiger partial charge in [0.25, 0.3) is 5.91 Å². The molecular weight excluding hydrogens is 366 g/mol. The number of sulfone groups is 1. The van der Waals surface area contributed by atoms with Crippen molar-refractivity contribution >= 4 is 21.7 Å². The van der Waals surface area contributed by atoms with Gasteiger partial charge in [0.15, 0.2) is 9.84 Å².